The number of sulfone groups is 1. The lowest BCUT2D eigenvalue weighted by atomic mass is 9.95. The van der Waals surface area contributed by atoms with Crippen LogP contribution in [0.3, 0.4) is 0 Å². The van der Waals surface area contributed by atoms with Crippen molar-refractivity contribution in [2.24, 2.45) is 0 Å². The van der Waals surface area contributed by atoms with E-state index >= 15 is 0 Å². The molecule has 0 aliphatic carbocycles. The monoisotopic (exact) mass is 368 g/mol. The van der Waals surface area contributed by atoms with Crippen molar-refractivity contribution in [3.05, 3.63) is 23.8 Å². The number of piperidine rings is 1. The van der Waals surface area contributed by atoms with Crippen molar-refractivity contribution >= 4 is 15.7 Å². The molecule has 1 amide bonds. The number of hydrogen-bond acceptors (Lipinski definition) is 6. The van der Waals surface area contributed by atoms with Crippen molar-refractivity contribution in [2.75, 3.05) is 32.7 Å². The number of amides is 1. The highest BCUT2D eigenvalue weighted by molar-refractivity contribution is 7.92. The molecular weight excluding hydrogens is 344 g/mol. The van der Waals surface area contributed by atoms with Gasteiger partial charge >= 0.3 is 0 Å². The lowest BCUT2D eigenvalue weighted by molar-refractivity contribution is -0.135. The first-order valence-corrected chi connectivity index (χ1v) is 10.3. The molecular formula is C17H24N2O5S. The number of nitrogens with one attached hydrogen (secondary N) is 1. The maximum absolute atomic E-state index is 13.2. The average molecular weight is 368 g/mol. The van der Waals surface area contributed by atoms with Crippen molar-refractivity contribution < 1.29 is 22.7 Å². The van der Waals surface area contributed by atoms with Crippen LogP contribution in [0.5, 0.6) is 11.5 Å². The second-order valence-electron chi connectivity index (χ2n) is 6.52. The van der Waals surface area contributed by atoms with Gasteiger partial charge in [0.25, 0.3) is 0 Å². The van der Waals surface area contributed by atoms with Gasteiger partial charge in [0, 0.05) is 19.3 Å². The fourth-order valence-electron chi connectivity index (χ4n) is 3.45. The minimum Gasteiger partial charge on any atom is -0.454 e. The Morgan fingerprint density at radius 1 is 1.24 bits per heavy atom. The smallest absolute Gasteiger partial charge is 0.244 e. The second kappa shape index (κ2) is 6.84. The molecule has 1 aromatic rings. The average Bonchev–Trinajstić information content (AvgIpc) is 3.06. The molecule has 0 bridgehead atoms. The van der Waals surface area contributed by atoms with Gasteiger partial charge in [0.2, 0.25) is 12.7 Å². The summed E-state index contributed by atoms with van der Waals surface area (Å²) in [5.74, 6) is 1.03. The molecule has 0 unspecified atom stereocenters. The van der Waals surface area contributed by atoms with Crippen LogP contribution in [0.2, 0.25) is 0 Å². The van der Waals surface area contributed by atoms with Crippen molar-refractivity contribution in [3.63, 3.8) is 0 Å². The van der Waals surface area contributed by atoms with E-state index in [-0.39, 0.29) is 12.7 Å². The van der Waals surface area contributed by atoms with Crippen LogP contribution in [0.1, 0.15) is 25.3 Å². The zero-order chi connectivity index (χ0) is 18.1. The molecule has 0 atom stereocenters. The van der Waals surface area contributed by atoms with Crippen LogP contribution in [-0.4, -0.2) is 56.7 Å². The van der Waals surface area contributed by atoms with Crippen molar-refractivity contribution in [1.82, 2.24) is 10.2 Å². The van der Waals surface area contributed by atoms with Crippen molar-refractivity contribution in [3.8, 4) is 11.5 Å². The van der Waals surface area contributed by atoms with E-state index in [4.69, 9.17) is 9.47 Å². The Morgan fingerprint density at radius 2 is 1.92 bits per heavy atom. The van der Waals surface area contributed by atoms with Crippen LogP contribution in [0.4, 0.5) is 0 Å². The largest absolute Gasteiger partial charge is 0.454 e. The number of ether oxygens (including phenoxy) is 2. The summed E-state index contributed by atoms with van der Waals surface area (Å²) >= 11 is 0. The molecule has 8 heteroatoms. The van der Waals surface area contributed by atoms with Gasteiger partial charge in [0.05, 0.1) is 0 Å². The zero-order valence-electron chi connectivity index (χ0n) is 14.6. The highest BCUT2D eigenvalue weighted by atomic mass is 32.2. The highest BCUT2D eigenvalue weighted by Gasteiger charge is 2.50. The number of carbonyl (C=O) groups is 1. The Hall–Kier alpha value is -1.80. The summed E-state index contributed by atoms with van der Waals surface area (Å²) in [6.07, 6.45) is 1.79. The standard InChI is InChI=1S/C17H24N2O5S/c1-3-19(11-13-4-5-14-15(10-13)24-12-23-14)16(20)17(25(2,21)22)6-8-18-9-7-17/h4-5,10,18H,3,6-9,11-12H2,1-2H3. The number of benzene rings is 1. The van der Waals surface area contributed by atoms with Gasteiger partial charge in [-0.2, -0.15) is 0 Å². The SMILES string of the molecule is CCN(Cc1ccc2c(c1)OCO2)C(=O)C1(S(C)(=O)=O)CCNCC1. The number of hydrogen-bond donors (Lipinski definition) is 1. The third kappa shape index (κ3) is 3.32. The number of rotatable bonds is 5. The van der Waals surface area contributed by atoms with Crippen LogP contribution in [0.25, 0.3) is 0 Å². The van der Waals surface area contributed by atoms with Gasteiger partial charge in [-0.05, 0) is 50.6 Å². The fraction of sp³-hybridized carbons (Fsp3) is 0.588. The molecule has 138 valence electrons. The van der Waals surface area contributed by atoms with Crippen molar-refractivity contribution in [2.45, 2.75) is 31.1 Å². The summed E-state index contributed by atoms with van der Waals surface area (Å²) in [5.41, 5.74) is 0.886. The molecule has 2 aliphatic rings. The number of carbonyl (C=O) groups excluding carboxylic acids is 1. The summed E-state index contributed by atoms with van der Waals surface area (Å²) in [4.78, 5) is 14.8. The van der Waals surface area contributed by atoms with E-state index in [0.29, 0.717) is 50.5 Å². The van der Waals surface area contributed by atoms with E-state index in [1.165, 1.54) is 6.26 Å². The number of nitrogens with zero attached hydrogens (tertiary/aromatic N) is 1. The molecule has 0 aromatic heterocycles. The van der Waals surface area contributed by atoms with E-state index in [1.807, 2.05) is 25.1 Å². The van der Waals surface area contributed by atoms with Crippen LogP contribution < -0.4 is 14.8 Å². The Balaban J connectivity index is 1.85. The van der Waals surface area contributed by atoms with Gasteiger partial charge in [0.1, 0.15) is 0 Å². The lowest BCUT2D eigenvalue weighted by Crippen LogP contribution is -2.58. The molecule has 3 rings (SSSR count). The predicted octanol–water partition coefficient (Wildman–Crippen LogP) is 0.931. The topological polar surface area (TPSA) is 84.9 Å². The molecule has 1 fully saturated rings. The fourth-order valence-corrected chi connectivity index (χ4v) is 4.84. The Labute approximate surface area is 148 Å². The third-order valence-corrected chi connectivity index (χ3v) is 6.99. The molecule has 0 radical (unpaired) electrons. The van der Waals surface area contributed by atoms with E-state index in [9.17, 15) is 13.2 Å². The summed E-state index contributed by atoms with van der Waals surface area (Å²) in [6.45, 7) is 3.90. The minimum atomic E-state index is -3.52. The third-order valence-electron chi connectivity index (χ3n) is 4.99. The lowest BCUT2D eigenvalue weighted by Gasteiger charge is -2.38. The van der Waals surface area contributed by atoms with Gasteiger partial charge in [0.15, 0.2) is 26.1 Å². The first-order chi connectivity index (χ1) is 11.9. The van der Waals surface area contributed by atoms with Crippen LogP contribution >= 0.6 is 0 Å². The van der Waals surface area contributed by atoms with Crippen LogP contribution in [-0.2, 0) is 21.2 Å². The molecule has 0 saturated carbocycles. The predicted molar refractivity (Wildman–Crippen MR) is 93.3 cm³/mol. The Morgan fingerprint density at radius 3 is 2.56 bits per heavy atom. The normalized spacial score (nSPS) is 18.8. The molecule has 2 heterocycles. The Bertz CT molecular complexity index is 756. The van der Waals surface area contributed by atoms with E-state index in [1.54, 1.807) is 4.90 Å². The van der Waals surface area contributed by atoms with Gasteiger partial charge in [-0.15, -0.1) is 0 Å². The maximum Gasteiger partial charge on any atom is 0.244 e. The molecule has 0 spiro atoms. The molecule has 2 aliphatic heterocycles. The summed E-state index contributed by atoms with van der Waals surface area (Å²) in [7, 11) is -3.52. The van der Waals surface area contributed by atoms with Gasteiger partial charge < -0.3 is 19.7 Å². The van der Waals surface area contributed by atoms with Crippen LogP contribution in [0, 0.1) is 0 Å². The molecule has 1 N–H and O–H groups in total. The summed E-state index contributed by atoms with van der Waals surface area (Å²) < 4.78 is 34.3. The van der Waals surface area contributed by atoms with E-state index in [2.05, 4.69) is 5.32 Å². The van der Waals surface area contributed by atoms with Crippen LogP contribution in [0.15, 0.2) is 18.2 Å². The zero-order valence-corrected chi connectivity index (χ0v) is 15.4. The maximum atomic E-state index is 13.2. The first kappa shape index (κ1) is 18.0. The number of fused-ring (bicyclic) bond motifs is 1. The van der Waals surface area contributed by atoms with E-state index in [0.717, 1.165) is 5.56 Å². The summed E-state index contributed by atoms with van der Waals surface area (Å²) in [6, 6.07) is 5.53. The molecule has 25 heavy (non-hydrogen) atoms. The minimum absolute atomic E-state index is 0.194. The molecule has 1 saturated heterocycles. The molecule has 1 aromatic carbocycles. The first-order valence-electron chi connectivity index (χ1n) is 8.45. The van der Waals surface area contributed by atoms with Gasteiger partial charge in [-0.1, -0.05) is 6.07 Å². The highest BCUT2D eigenvalue weighted by Crippen LogP contribution is 2.34. The molecule has 7 nitrogen and oxygen atoms in total. The Kier molecular flexibility index (Phi) is 4.92. The van der Waals surface area contributed by atoms with Crippen molar-refractivity contribution in [1.29, 1.82) is 0 Å². The van der Waals surface area contributed by atoms with E-state index < -0.39 is 14.6 Å². The second-order valence-corrected chi connectivity index (χ2v) is 8.85. The van der Waals surface area contributed by atoms with Gasteiger partial charge in [-0.3, -0.25) is 4.79 Å². The quantitative estimate of drug-likeness (QED) is 0.832. The summed E-state index contributed by atoms with van der Waals surface area (Å²) in [5, 5.41) is 3.14. The van der Waals surface area contributed by atoms with Gasteiger partial charge in [-0.25, -0.2) is 8.42 Å².